The summed E-state index contributed by atoms with van der Waals surface area (Å²) in [6.07, 6.45) is 2.33. The van der Waals surface area contributed by atoms with Crippen LogP contribution in [0.15, 0.2) is 24.3 Å². The van der Waals surface area contributed by atoms with E-state index in [1.165, 1.54) is 0 Å². The maximum Gasteiger partial charge on any atom is 0.237 e. The number of piperazine rings is 1. The number of nitrogens with one attached hydrogen (secondary N) is 2. The lowest BCUT2D eigenvalue weighted by atomic mass is 10.1. The molecule has 0 bridgehead atoms. The highest BCUT2D eigenvalue weighted by atomic mass is 16.5. The van der Waals surface area contributed by atoms with Gasteiger partial charge in [-0.1, -0.05) is 12.1 Å². The Morgan fingerprint density at radius 1 is 1.33 bits per heavy atom. The average Bonchev–Trinajstić information content (AvgIpc) is 3.37. The van der Waals surface area contributed by atoms with Crippen LogP contribution in [0.4, 0.5) is 0 Å². The third kappa shape index (κ3) is 4.47. The smallest absolute Gasteiger partial charge is 0.237 e. The third-order valence-electron chi connectivity index (χ3n) is 4.38. The Kier molecular flexibility index (Phi) is 5.35. The van der Waals surface area contributed by atoms with E-state index in [9.17, 15) is 9.59 Å². The highest BCUT2D eigenvalue weighted by molar-refractivity contribution is 5.89. The summed E-state index contributed by atoms with van der Waals surface area (Å²) < 4.78 is 5.45. The van der Waals surface area contributed by atoms with Crippen molar-refractivity contribution in [2.75, 3.05) is 19.7 Å². The molecule has 1 aromatic carbocycles. The average molecular weight is 331 g/mol. The van der Waals surface area contributed by atoms with Crippen LogP contribution in [0.25, 0.3) is 0 Å². The van der Waals surface area contributed by atoms with Gasteiger partial charge in [0.15, 0.2) is 0 Å². The molecule has 6 nitrogen and oxygen atoms in total. The number of rotatable bonds is 7. The molecule has 0 unspecified atom stereocenters. The Hall–Kier alpha value is -2.08. The molecule has 130 valence electrons. The number of carbonyl (C=O) groups is 2. The Balaban J connectivity index is 1.61. The van der Waals surface area contributed by atoms with Crippen molar-refractivity contribution in [1.82, 2.24) is 15.5 Å². The fourth-order valence-corrected chi connectivity index (χ4v) is 2.96. The highest BCUT2D eigenvalue weighted by Crippen LogP contribution is 2.20. The molecule has 1 aliphatic heterocycles. The molecule has 2 N–H and O–H groups in total. The summed E-state index contributed by atoms with van der Waals surface area (Å²) in [6, 6.07) is 7.83. The van der Waals surface area contributed by atoms with E-state index < -0.39 is 6.04 Å². The summed E-state index contributed by atoms with van der Waals surface area (Å²) >= 11 is 0. The topological polar surface area (TPSA) is 70.7 Å². The van der Waals surface area contributed by atoms with Crippen LogP contribution >= 0.6 is 0 Å². The molecule has 2 aliphatic rings. The molecule has 6 heteroatoms. The number of carbonyl (C=O) groups excluding carboxylic acids is 2. The number of ether oxygens (including phenoxy) is 1. The van der Waals surface area contributed by atoms with Gasteiger partial charge in [0.1, 0.15) is 5.75 Å². The molecule has 1 saturated carbocycles. The monoisotopic (exact) mass is 331 g/mol. The summed E-state index contributed by atoms with van der Waals surface area (Å²) in [5.41, 5.74) is 1.11. The van der Waals surface area contributed by atoms with Gasteiger partial charge >= 0.3 is 0 Å². The van der Waals surface area contributed by atoms with Crippen molar-refractivity contribution in [1.29, 1.82) is 0 Å². The lowest BCUT2D eigenvalue weighted by Gasteiger charge is -2.34. The molecule has 0 spiro atoms. The van der Waals surface area contributed by atoms with E-state index in [1.807, 2.05) is 31.2 Å². The van der Waals surface area contributed by atoms with Gasteiger partial charge in [0.05, 0.1) is 19.1 Å². The van der Waals surface area contributed by atoms with Crippen LogP contribution in [0, 0.1) is 0 Å². The zero-order valence-corrected chi connectivity index (χ0v) is 14.1. The van der Waals surface area contributed by atoms with Crippen LogP contribution in [-0.2, 0) is 16.1 Å². The van der Waals surface area contributed by atoms with E-state index in [0.717, 1.165) is 30.7 Å². The molecule has 0 aromatic heterocycles. The molecular weight excluding hydrogens is 306 g/mol. The predicted octanol–water partition coefficient (Wildman–Crippen LogP) is 1.05. The van der Waals surface area contributed by atoms with Gasteiger partial charge in [-0.3, -0.25) is 14.5 Å². The Morgan fingerprint density at radius 3 is 2.75 bits per heavy atom. The van der Waals surface area contributed by atoms with E-state index in [4.69, 9.17) is 4.74 Å². The SMILES string of the molecule is CCOc1ccc(CN2CCNC(=O)[C@H]2CC(=O)NC2CC2)cc1. The number of hydrogen-bond acceptors (Lipinski definition) is 4. The second-order valence-electron chi connectivity index (χ2n) is 6.40. The fraction of sp³-hybridized carbons (Fsp3) is 0.556. The van der Waals surface area contributed by atoms with Crippen molar-refractivity contribution >= 4 is 11.8 Å². The number of benzene rings is 1. The number of nitrogens with zero attached hydrogens (tertiary/aromatic N) is 1. The third-order valence-corrected chi connectivity index (χ3v) is 4.38. The Labute approximate surface area is 142 Å². The Morgan fingerprint density at radius 2 is 2.08 bits per heavy atom. The summed E-state index contributed by atoms with van der Waals surface area (Å²) in [5.74, 6) is 0.757. The quantitative estimate of drug-likeness (QED) is 0.784. The molecule has 3 rings (SSSR count). The number of hydrogen-bond donors (Lipinski definition) is 2. The minimum absolute atomic E-state index is 0.0313. The van der Waals surface area contributed by atoms with Crippen molar-refractivity contribution in [3.63, 3.8) is 0 Å². The minimum Gasteiger partial charge on any atom is -0.494 e. The maximum atomic E-state index is 12.2. The largest absolute Gasteiger partial charge is 0.494 e. The van der Waals surface area contributed by atoms with Crippen molar-refractivity contribution in [2.24, 2.45) is 0 Å². The van der Waals surface area contributed by atoms with Crippen LogP contribution in [0.1, 0.15) is 31.7 Å². The van der Waals surface area contributed by atoms with E-state index in [1.54, 1.807) is 0 Å². The Bertz CT molecular complexity index is 584. The lowest BCUT2D eigenvalue weighted by Crippen LogP contribution is -2.56. The summed E-state index contributed by atoms with van der Waals surface area (Å²) in [5, 5.41) is 5.83. The summed E-state index contributed by atoms with van der Waals surface area (Å²) in [6.45, 7) is 4.62. The van der Waals surface area contributed by atoms with E-state index >= 15 is 0 Å². The molecule has 2 fully saturated rings. The van der Waals surface area contributed by atoms with E-state index in [2.05, 4.69) is 15.5 Å². The van der Waals surface area contributed by atoms with Gasteiger partial charge in [0.25, 0.3) is 0 Å². The fourth-order valence-electron chi connectivity index (χ4n) is 2.96. The van der Waals surface area contributed by atoms with Gasteiger partial charge in [-0.15, -0.1) is 0 Å². The zero-order chi connectivity index (χ0) is 16.9. The normalized spacial score (nSPS) is 21.2. The van der Waals surface area contributed by atoms with Gasteiger partial charge in [-0.05, 0) is 37.5 Å². The van der Waals surface area contributed by atoms with Gasteiger partial charge < -0.3 is 15.4 Å². The molecule has 2 amide bonds. The van der Waals surface area contributed by atoms with Gasteiger partial charge in [-0.25, -0.2) is 0 Å². The number of amides is 2. The van der Waals surface area contributed by atoms with Gasteiger partial charge in [0.2, 0.25) is 11.8 Å². The second-order valence-corrected chi connectivity index (χ2v) is 6.40. The molecule has 24 heavy (non-hydrogen) atoms. The first-order valence-corrected chi connectivity index (χ1v) is 8.68. The lowest BCUT2D eigenvalue weighted by molar-refractivity contribution is -0.134. The van der Waals surface area contributed by atoms with Crippen LogP contribution in [0.2, 0.25) is 0 Å². The van der Waals surface area contributed by atoms with Gasteiger partial charge in [0, 0.05) is 25.7 Å². The molecule has 1 heterocycles. The van der Waals surface area contributed by atoms with Crippen LogP contribution < -0.4 is 15.4 Å². The zero-order valence-electron chi connectivity index (χ0n) is 14.1. The van der Waals surface area contributed by atoms with E-state index in [0.29, 0.717) is 25.7 Å². The van der Waals surface area contributed by atoms with Gasteiger partial charge in [-0.2, -0.15) is 0 Å². The molecule has 1 aromatic rings. The molecule has 1 saturated heterocycles. The first-order valence-electron chi connectivity index (χ1n) is 8.68. The van der Waals surface area contributed by atoms with Crippen molar-refractivity contribution in [2.45, 2.75) is 44.8 Å². The first-order chi connectivity index (χ1) is 11.7. The maximum absolute atomic E-state index is 12.2. The molecule has 1 atom stereocenters. The molecule has 1 aliphatic carbocycles. The molecular formula is C18H25N3O3. The van der Waals surface area contributed by atoms with Crippen LogP contribution in [0.5, 0.6) is 5.75 Å². The minimum atomic E-state index is -0.399. The summed E-state index contributed by atoms with van der Waals surface area (Å²) in [4.78, 5) is 26.4. The van der Waals surface area contributed by atoms with Crippen molar-refractivity contribution in [3.8, 4) is 5.75 Å². The van der Waals surface area contributed by atoms with E-state index in [-0.39, 0.29) is 18.2 Å². The standard InChI is InChI=1S/C18H25N3O3/c1-2-24-15-7-3-13(4-8-15)12-21-10-9-19-18(23)16(21)11-17(22)20-14-5-6-14/h3-4,7-8,14,16H,2,5-6,9-12H2,1H3,(H,19,23)(H,20,22)/t16-/m1/s1. The predicted molar refractivity (Wildman–Crippen MR) is 90.6 cm³/mol. The molecule has 0 radical (unpaired) electrons. The van der Waals surface area contributed by atoms with Crippen LogP contribution in [-0.4, -0.2) is 48.5 Å². The highest BCUT2D eigenvalue weighted by Gasteiger charge is 2.33. The van der Waals surface area contributed by atoms with Crippen molar-refractivity contribution < 1.29 is 14.3 Å². The van der Waals surface area contributed by atoms with Crippen molar-refractivity contribution in [3.05, 3.63) is 29.8 Å². The van der Waals surface area contributed by atoms with Crippen LogP contribution in [0.3, 0.4) is 0 Å². The second kappa shape index (κ2) is 7.66. The first kappa shape index (κ1) is 16.8. The summed E-state index contributed by atoms with van der Waals surface area (Å²) in [7, 11) is 0.